The molecule has 0 amide bonds. The van der Waals surface area contributed by atoms with E-state index in [1.54, 1.807) is 0 Å². The number of nitrogens with zero attached hydrogens (tertiary/aromatic N) is 1. The first-order valence-corrected chi connectivity index (χ1v) is 6.29. The van der Waals surface area contributed by atoms with E-state index in [-0.39, 0.29) is 6.10 Å². The molecule has 16 heavy (non-hydrogen) atoms. The largest absolute Gasteiger partial charge is 0.387 e. The predicted octanol–water partition coefficient (Wildman–Crippen LogP) is 3.31. The van der Waals surface area contributed by atoms with Gasteiger partial charge in [0.25, 0.3) is 0 Å². The van der Waals surface area contributed by atoms with Gasteiger partial charge in [-0.2, -0.15) is 0 Å². The lowest BCUT2D eigenvalue weighted by Gasteiger charge is -2.27. The second-order valence-electron chi connectivity index (χ2n) is 5.06. The van der Waals surface area contributed by atoms with Crippen molar-refractivity contribution in [3.8, 4) is 0 Å². The van der Waals surface area contributed by atoms with Crippen LogP contribution in [0.25, 0.3) is 0 Å². The molecule has 1 saturated carbocycles. The normalized spacial score (nSPS) is 19.7. The molecule has 2 rings (SSSR count). The number of aliphatic hydroxyl groups excluding tert-OH is 1. The van der Waals surface area contributed by atoms with E-state index in [1.165, 1.54) is 19.3 Å². The lowest BCUT2D eigenvalue weighted by atomic mass is 9.83. The molecule has 0 radical (unpaired) electrons. The lowest BCUT2D eigenvalue weighted by molar-refractivity contribution is 0.0805. The van der Waals surface area contributed by atoms with Gasteiger partial charge in [0.2, 0.25) is 0 Å². The van der Waals surface area contributed by atoms with Crippen molar-refractivity contribution in [1.82, 2.24) is 4.98 Å². The SMILES string of the molecule is Cc1cnc(C(O)C2CCCCC2)c(C)c1. The summed E-state index contributed by atoms with van der Waals surface area (Å²) in [6, 6.07) is 2.11. The van der Waals surface area contributed by atoms with Crippen LogP contribution in [0, 0.1) is 19.8 Å². The highest BCUT2D eigenvalue weighted by Crippen LogP contribution is 2.34. The number of hydrogen-bond donors (Lipinski definition) is 1. The zero-order valence-corrected chi connectivity index (χ0v) is 10.2. The zero-order chi connectivity index (χ0) is 11.5. The van der Waals surface area contributed by atoms with Gasteiger partial charge in [0.05, 0.1) is 11.8 Å². The fourth-order valence-corrected chi connectivity index (χ4v) is 2.71. The summed E-state index contributed by atoms with van der Waals surface area (Å²) < 4.78 is 0. The molecule has 1 fully saturated rings. The van der Waals surface area contributed by atoms with Crippen LogP contribution in [0.4, 0.5) is 0 Å². The lowest BCUT2D eigenvalue weighted by Crippen LogP contribution is -2.18. The molecule has 1 heterocycles. The van der Waals surface area contributed by atoms with E-state index >= 15 is 0 Å². The summed E-state index contributed by atoms with van der Waals surface area (Å²) in [5.41, 5.74) is 3.17. The molecule has 1 aromatic heterocycles. The van der Waals surface area contributed by atoms with Crippen LogP contribution < -0.4 is 0 Å². The van der Waals surface area contributed by atoms with Crippen molar-refractivity contribution in [2.45, 2.75) is 52.1 Å². The minimum atomic E-state index is -0.360. The van der Waals surface area contributed by atoms with Crippen molar-refractivity contribution in [3.05, 3.63) is 29.1 Å². The predicted molar refractivity (Wildman–Crippen MR) is 65.2 cm³/mol. The van der Waals surface area contributed by atoms with Gasteiger partial charge in [0.15, 0.2) is 0 Å². The molecular weight excluding hydrogens is 198 g/mol. The maximum Gasteiger partial charge on any atom is 0.0990 e. The van der Waals surface area contributed by atoms with Crippen molar-refractivity contribution in [2.75, 3.05) is 0 Å². The first-order valence-electron chi connectivity index (χ1n) is 6.29. The summed E-state index contributed by atoms with van der Waals surface area (Å²) in [5, 5.41) is 10.4. The summed E-state index contributed by atoms with van der Waals surface area (Å²) in [7, 11) is 0. The van der Waals surface area contributed by atoms with Gasteiger partial charge in [0, 0.05) is 6.20 Å². The van der Waals surface area contributed by atoms with Gasteiger partial charge >= 0.3 is 0 Å². The van der Waals surface area contributed by atoms with E-state index in [0.717, 1.165) is 29.7 Å². The summed E-state index contributed by atoms with van der Waals surface area (Å²) in [5.74, 6) is 0.419. The van der Waals surface area contributed by atoms with Crippen molar-refractivity contribution in [1.29, 1.82) is 0 Å². The molecule has 0 spiro atoms. The first-order chi connectivity index (χ1) is 7.68. The maximum absolute atomic E-state index is 10.4. The van der Waals surface area contributed by atoms with Crippen LogP contribution in [0.1, 0.15) is 55.0 Å². The molecule has 88 valence electrons. The van der Waals surface area contributed by atoms with E-state index in [9.17, 15) is 5.11 Å². The van der Waals surface area contributed by atoms with E-state index in [0.29, 0.717) is 5.92 Å². The number of rotatable bonds is 2. The molecule has 1 aromatic rings. The van der Waals surface area contributed by atoms with Crippen LogP contribution in [0.5, 0.6) is 0 Å². The Kier molecular flexibility index (Phi) is 3.59. The average Bonchev–Trinajstić information content (AvgIpc) is 2.29. The van der Waals surface area contributed by atoms with Gasteiger partial charge in [-0.05, 0) is 43.7 Å². The molecule has 0 saturated heterocycles. The quantitative estimate of drug-likeness (QED) is 0.827. The second kappa shape index (κ2) is 4.96. The third kappa shape index (κ3) is 2.43. The molecule has 0 aliphatic heterocycles. The summed E-state index contributed by atoms with van der Waals surface area (Å²) >= 11 is 0. The molecule has 1 atom stereocenters. The van der Waals surface area contributed by atoms with E-state index in [4.69, 9.17) is 0 Å². The van der Waals surface area contributed by atoms with E-state index in [1.807, 2.05) is 20.0 Å². The minimum absolute atomic E-state index is 0.360. The molecule has 1 aliphatic carbocycles. The molecule has 0 aromatic carbocycles. The van der Waals surface area contributed by atoms with Crippen molar-refractivity contribution < 1.29 is 5.11 Å². The van der Waals surface area contributed by atoms with Crippen LogP contribution >= 0.6 is 0 Å². The summed E-state index contributed by atoms with van der Waals surface area (Å²) in [6.07, 6.45) is 7.63. The Labute approximate surface area is 97.7 Å². The van der Waals surface area contributed by atoms with Crippen molar-refractivity contribution in [2.24, 2.45) is 5.92 Å². The van der Waals surface area contributed by atoms with Crippen LogP contribution in [-0.4, -0.2) is 10.1 Å². The van der Waals surface area contributed by atoms with Crippen LogP contribution in [0.15, 0.2) is 12.3 Å². The zero-order valence-electron chi connectivity index (χ0n) is 10.2. The van der Waals surface area contributed by atoms with Crippen LogP contribution in [0.3, 0.4) is 0 Å². The smallest absolute Gasteiger partial charge is 0.0990 e. The molecule has 2 heteroatoms. The number of pyridine rings is 1. The number of aromatic nitrogens is 1. The molecular formula is C14H21NO. The Morgan fingerprint density at radius 1 is 1.25 bits per heavy atom. The summed E-state index contributed by atoms with van der Waals surface area (Å²) in [6.45, 7) is 4.08. The Morgan fingerprint density at radius 2 is 1.94 bits per heavy atom. The molecule has 1 N–H and O–H groups in total. The van der Waals surface area contributed by atoms with Gasteiger partial charge in [-0.1, -0.05) is 25.3 Å². The standard InChI is InChI=1S/C14H21NO/c1-10-8-11(2)13(15-9-10)14(16)12-6-4-3-5-7-12/h8-9,12,14,16H,3-7H2,1-2H3. The number of aryl methyl sites for hydroxylation is 2. The third-order valence-electron chi connectivity index (χ3n) is 3.63. The molecule has 1 unspecified atom stereocenters. The first kappa shape index (κ1) is 11.6. The highest BCUT2D eigenvalue weighted by atomic mass is 16.3. The minimum Gasteiger partial charge on any atom is -0.387 e. The van der Waals surface area contributed by atoms with Gasteiger partial charge < -0.3 is 5.11 Å². The topological polar surface area (TPSA) is 33.1 Å². The Bertz CT molecular complexity index is 356. The van der Waals surface area contributed by atoms with Gasteiger partial charge in [-0.25, -0.2) is 0 Å². The Morgan fingerprint density at radius 3 is 2.56 bits per heavy atom. The Balaban J connectivity index is 2.15. The monoisotopic (exact) mass is 219 g/mol. The number of aliphatic hydroxyl groups is 1. The average molecular weight is 219 g/mol. The number of hydrogen-bond acceptors (Lipinski definition) is 2. The fraction of sp³-hybridized carbons (Fsp3) is 0.643. The highest BCUT2D eigenvalue weighted by molar-refractivity contribution is 5.25. The van der Waals surface area contributed by atoms with Crippen LogP contribution in [-0.2, 0) is 0 Å². The van der Waals surface area contributed by atoms with Gasteiger partial charge in [-0.15, -0.1) is 0 Å². The highest BCUT2D eigenvalue weighted by Gasteiger charge is 2.24. The Hall–Kier alpha value is -0.890. The van der Waals surface area contributed by atoms with Crippen molar-refractivity contribution >= 4 is 0 Å². The van der Waals surface area contributed by atoms with Gasteiger partial charge in [0.1, 0.15) is 0 Å². The van der Waals surface area contributed by atoms with E-state index < -0.39 is 0 Å². The molecule has 1 aliphatic rings. The van der Waals surface area contributed by atoms with Crippen LogP contribution in [0.2, 0.25) is 0 Å². The molecule has 2 nitrogen and oxygen atoms in total. The second-order valence-corrected chi connectivity index (χ2v) is 5.06. The van der Waals surface area contributed by atoms with Crippen molar-refractivity contribution in [3.63, 3.8) is 0 Å². The van der Waals surface area contributed by atoms with Gasteiger partial charge in [-0.3, -0.25) is 4.98 Å². The summed E-state index contributed by atoms with van der Waals surface area (Å²) in [4.78, 5) is 4.40. The molecule has 0 bridgehead atoms. The maximum atomic E-state index is 10.4. The third-order valence-corrected chi connectivity index (χ3v) is 3.63. The van der Waals surface area contributed by atoms with E-state index in [2.05, 4.69) is 11.1 Å². The fourth-order valence-electron chi connectivity index (χ4n) is 2.71.